The third-order valence-electron chi connectivity index (χ3n) is 4.60. The number of aliphatic hydroxyl groups is 1. The molecule has 0 heterocycles. The van der Waals surface area contributed by atoms with Gasteiger partial charge < -0.3 is 10.2 Å². The van der Waals surface area contributed by atoms with Crippen molar-refractivity contribution in [3.63, 3.8) is 0 Å². The van der Waals surface area contributed by atoms with E-state index in [1.54, 1.807) is 24.6 Å². The molecule has 4 heteroatoms. The van der Waals surface area contributed by atoms with Gasteiger partial charge in [-0.2, -0.15) is 0 Å². The van der Waals surface area contributed by atoms with Gasteiger partial charge in [0.15, 0.2) is 0 Å². The number of unbranched alkanes of at least 4 members (excludes halogenated alkanes) is 4. The second-order valence-electron chi connectivity index (χ2n) is 6.93. The zero-order chi connectivity index (χ0) is 18.1. The average molecular weight is 351 g/mol. The molecule has 0 aliphatic rings. The second kappa shape index (κ2) is 16.7. The summed E-state index contributed by atoms with van der Waals surface area (Å²) >= 11 is 0. The van der Waals surface area contributed by atoms with E-state index in [0.29, 0.717) is 0 Å². The molecule has 0 fully saturated rings. The minimum atomic E-state index is -1.23. The Hall–Kier alpha value is -0.140. The maximum atomic E-state index is 9.45. The van der Waals surface area contributed by atoms with E-state index in [9.17, 15) is 4.79 Å². The number of hydrogen-bond acceptors (Lipinski definition) is 2. The number of carboxylic acids is 1. The first-order valence-corrected chi connectivity index (χ1v) is 12.6. The molecule has 0 aromatic carbocycles. The topological polar surface area (TPSA) is 57.5 Å². The van der Waals surface area contributed by atoms with Gasteiger partial charge in [0.25, 0.3) is 0 Å². The number of aliphatic hydroxyl groups excluding tert-OH is 1. The first kappa shape index (κ1) is 25.1. The Kier molecular flexibility index (Phi) is 18.2. The quantitative estimate of drug-likeness (QED) is 0.438. The summed E-state index contributed by atoms with van der Waals surface area (Å²) in [5, 5.41) is 15.8. The van der Waals surface area contributed by atoms with Crippen LogP contribution in [-0.4, -0.2) is 46.9 Å². The summed E-state index contributed by atoms with van der Waals surface area (Å²) in [6.07, 6.45) is 16.9. The summed E-state index contributed by atoms with van der Waals surface area (Å²) in [6.45, 7) is 10.6. The predicted octanol–water partition coefficient (Wildman–Crippen LogP) is 5.39. The minimum absolute atomic E-state index is 0.879. The zero-order valence-electron chi connectivity index (χ0n) is 16.4. The first-order chi connectivity index (χ1) is 10.9. The normalized spacial score (nSPS) is 13.1. The molecule has 0 aliphatic heterocycles. The van der Waals surface area contributed by atoms with Crippen LogP contribution in [0.2, 0.25) is 0 Å². The molecule has 0 aliphatic carbocycles. The third-order valence-corrected chi connectivity index (χ3v) is 10.3. The van der Waals surface area contributed by atoms with Crippen molar-refractivity contribution in [1.82, 2.24) is 0 Å². The van der Waals surface area contributed by atoms with Crippen LogP contribution >= 0.6 is 7.26 Å². The monoisotopic (exact) mass is 350 g/mol. The van der Waals surface area contributed by atoms with E-state index in [1.165, 1.54) is 58.3 Å². The maximum absolute atomic E-state index is 9.45. The van der Waals surface area contributed by atoms with Crippen LogP contribution in [0.15, 0.2) is 0 Å². The van der Waals surface area contributed by atoms with Gasteiger partial charge in [-0.3, -0.25) is 0 Å². The first-order valence-electron chi connectivity index (χ1n) is 9.79. The molecule has 0 aromatic rings. The fraction of sp³-hybridized carbons (Fsp3) is 0.947. The van der Waals surface area contributed by atoms with Gasteiger partial charge in [-0.15, -0.1) is 0 Å². The Balaban J connectivity index is 0. The molecule has 2 N–H and O–H groups in total. The van der Waals surface area contributed by atoms with E-state index in [-0.39, 0.29) is 0 Å². The van der Waals surface area contributed by atoms with Crippen LogP contribution in [0, 0.1) is 0 Å². The Bertz CT molecular complexity index is 230. The molecule has 3 nitrogen and oxygen atoms in total. The summed E-state index contributed by atoms with van der Waals surface area (Å²) in [6, 6.07) is 0. The number of aliphatic carboxylic acids is 1. The summed E-state index contributed by atoms with van der Waals surface area (Å²) in [7, 11) is -0.879. The van der Waals surface area contributed by atoms with Crippen molar-refractivity contribution in [3.8, 4) is 0 Å². The molecule has 0 saturated heterocycles. The summed E-state index contributed by atoms with van der Waals surface area (Å²) in [4.78, 5) is 9.45. The molecular formula is C19H43O3P. The summed E-state index contributed by atoms with van der Waals surface area (Å²) in [5.74, 6) is -1.19. The van der Waals surface area contributed by atoms with Gasteiger partial charge >= 0.3 is 117 Å². The molecule has 0 bridgehead atoms. The van der Waals surface area contributed by atoms with Crippen molar-refractivity contribution in [2.75, 3.05) is 24.6 Å². The van der Waals surface area contributed by atoms with Crippen molar-refractivity contribution >= 4 is 13.2 Å². The molecule has 1 unspecified atom stereocenters. The Morgan fingerprint density at radius 3 is 1.13 bits per heavy atom. The van der Waals surface area contributed by atoms with Gasteiger partial charge in [-0.1, -0.05) is 0 Å². The van der Waals surface area contributed by atoms with E-state index in [4.69, 9.17) is 10.2 Å². The number of carbonyl (C=O) groups is 1. The van der Waals surface area contributed by atoms with E-state index in [2.05, 4.69) is 27.7 Å². The molecule has 0 spiro atoms. The van der Waals surface area contributed by atoms with Crippen molar-refractivity contribution in [2.45, 2.75) is 92.1 Å². The van der Waals surface area contributed by atoms with Gasteiger partial charge in [0.2, 0.25) is 0 Å². The Labute approximate surface area is 145 Å². The SMILES string of the molecule is CC(O)C(=O)O.CCCC[PH](CCCC)(CCCC)CCCC. The number of hydrogen-bond donors (Lipinski definition) is 2. The standard InChI is InChI=1S/C16H37P.C3H6O3/c1-5-9-13-17(14-10-6-2,15-11-7-3)16-12-8-4;1-2(4)3(5)6/h17H,5-16H2,1-4H3;2,4H,1H3,(H,5,6). The van der Waals surface area contributed by atoms with Crippen LogP contribution < -0.4 is 0 Å². The summed E-state index contributed by atoms with van der Waals surface area (Å²) in [5.41, 5.74) is 0. The van der Waals surface area contributed by atoms with Crippen molar-refractivity contribution in [3.05, 3.63) is 0 Å². The number of rotatable bonds is 13. The van der Waals surface area contributed by atoms with Crippen molar-refractivity contribution in [2.24, 2.45) is 0 Å². The summed E-state index contributed by atoms with van der Waals surface area (Å²) < 4.78 is 0. The fourth-order valence-electron chi connectivity index (χ4n) is 2.96. The Morgan fingerprint density at radius 2 is 1.00 bits per heavy atom. The van der Waals surface area contributed by atoms with E-state index >= 15 is 0 Å². The van der Waals surface area contributed by atoms with Crippen LogP contribution in [0.25, 0.3) is 0 Å². The molecule has 0 radical (unpaired) electrons. The molecular weight excluding hydrogens is 307 g/mol. The predicted molar refractivity (Wildman–Crippen MR) is 107 cm³/mol. The van der Waals surface area contributed by atoms with Crippen molar-refractivity contribution < 1.29 is 15.0 Å². The third kappa shape index (κ3) is 15.1. The fourth-order valence-corrected chi connectivity index (χ4v) is 8.87. The molecule has 0 amide bonds. The van der Waals surface area contributed by atoms with Crippen molar-refractivity contribution in [1.29, 1.82) is 0 Å². The van der Waals surface area contributed by atoms with Gasteiger partial charge in [0.1, 0.15) is 6.10 Å². The van der Waals surface area contributed by atoms with Gasteiger partial charge in [-0.05, 0) is 6.92 Å². The Morgan fingerprint density at radius 1 is 0.783 bits per heavy atom. The molecule has 142 valence electrons. The molecule has 0 saturated carbocycles. The molecule has 0 aromatic heterocycles. The number of carboxylic acid groups (broad SMARTS) is 1. The van der Waals surface area contributed by atoms with E-state index in [1.807, 2.05) is 0 Å². The van der Waals surface area contributed by atoms with Crippen LogP contribution in [0.4, 0.5) is 0 Å². The van der Waals surface area contributed by atoms with E-state index < -0.39 is 19.3 Å². The molecule has 0 rings (SSSR count). The van der Waals surface area contributed by atoms with Crippen LogP contribution in [0.1, 0.15) is 86.0 Å². The van der Waals surface area contributed by atoms with Gasteiger partial charge in [0, 0.05) is 0 Å². The van der Waals surface area contributed by atoms with Crippen LogP contribution in [-0.2, 0) is 4.79 Å². The van der Waals surface area contributed by atoms with Crippen LogP contribution in [0.5, 0.6) is 0 Å². The molecule has 23 heavy (non-hydrogen) atoms. The zero-order valence-corrected chi connectivity index (χ0v) is 17.4. The second-order valence-corrected chi connectivity index (χ2v) is 11.9. The van der Waals surface area contributed by atoms with E-state index in [0.717, 1.165) is 0 Å². The van der Waals surface area contributed by atoms with Gasteiger partial charge in [0.05, 0.1) is 0 Å². The van der Waals surface area contributed by atoms with Crippen LogP contribution in [0.3, 0.4) is 0 Å². The van der Waals surface area contributed by atoms with Gasteiger partial charge in [-0.25, -0.2) is 4.79 Å². The average Bonchev–Trinajstić information content (AvgIpc) is 2.54. The molecule has 1 atom stereocenters.